The molecule has 0 saturated carbocycles. The molecule has 0 saturated heterocycles. The number of carbonyl (C=O) groups excluding carboxylic acids is 1. The number of carbonyl (C=O) groups is 1. The molecule has 0 N–H and O–H groups in total. The minimum Gasteiger partial charge on any atom is -0.497 e. The van der Waals surface area contributed by atoms with Crippen LogP contribution in [0.3, 0.4) is 0 Å². The van der Waals surface area contributed by atoms with Crippen molar-refractivity contribution in [3.05, 3.63) is 40.3 Å². The number of methoxy groups -OCH3 is 1. The van der Waals surface area contributed by atoms with Gasteiger partial charge in [0.2, 0.25) is 0 Å². The molecule has 5 nitrogen and oxygen atoms in total. The number of hydrogen-bond donors (Lipinski definition) is 0. The third-order valence-corrected chi connectivity index (χ3v) is 4.07. The van der Waals surface area contributed by atoms with E-state index < -0.39 is 0 Å². The van der Waals surface area contributed by atoms with E-state index in [9.17, 15) is 4.79 Å². The van der Waals surface area contributed by atoms with Crippen molar-refractivity contribution in [2.45, 2.75) is 20.5 Å². The van der Waals surface area contributed by atoms with Crippen LogP contribution in [0.15, 0.2) is 29.6 Å². The molecule has 1 aromatic heterocycles. The van der Waals surface area contributed by atoms with Gasteiger partial charge >= 0.3 is 0 Å². The van der Waals surface area contributed by atoms with Gasteiger partial charge in [0.05, 0.1) is 7.11 Å². The van der Waals surface area contributed by atoms with Gasteiger partial charge < -0.3 is 14.4 Å². The molecule has 0 fully saturated rings. The third-order valence-electron chi connectivity index (χ3n) is 3.24. The first kappa shape index (κ1) is 16.3. The highest BCUT2D eigenvalue weighted by Crippen LogP contribution is 2.19. The van der Waals surface area contributed by atoms with Crippen molar-refractivity contribution in [1.29, 1.82) is 0 Å². The maximum atomic E-state index is 12.2. The average molecular weight is 320 g/mol. The Hall–Kier alpha value is -2.08. The highest BCUT2D eigenvalue weighted by Gasteiger charge is 2.16. The highest BCUT2D eigenvalue weighted by molar-refractivity contribution is 7.09. The van der Waals surface area contributed by atoms with Crippen molar-refractivity contribution in [3.63, 3.8) is 0 Å². The fourth-order valence-corrected chi connectivity index (χ4v) is 2.64. The summed E-state index contributed by atoms with van der Waals surface area (Å²) in [5, 5.41) is 2.57. The molecule has 0 radical (unpaired) electrons. The molecular formula is C16H20N2O3S. The molecule has 0 aliphatic rings. The van der Waals surface area contributed by atoms with Crippen LogP contribution in [0.25, 0.3) is 0 Å². The second-order valence-corrected chi connectivity index (χ2v) is 5.51. The molecule has 0 aliphatic carbocycles. The molecule has 1 aromatic carbocycles. The molecule has 6 heteroatoms. The van der Waals surface area contributed by atoms with E-state index in [4.69, 9.17) is 9.47 Å². The Morgan fingerprint density at radius 2 is 1.82 bits per heavy atom. The van der Waals surface area contributed by atoms with Gasteiger partial charge in [-0.3, -0.25) is 4.79 Å². The molecule has 2 aromatic rings. The number of thiazole rings is 1. The second kappa shape index (κ2) is 7.79. The van der Waals surface area contributed by atoms with Gasteiger partial charge in [-0.25, -0.2) is 4.98 Å². The van der Waals surface area contributed by atoms with Crippen LogP contribution in [0.4, 0.5) is 0 Å². The third kappa shape index (κ3) is 3.98. The van der Waals surface area contributed by atoms with Crippen molar-refractivity contribution in [3.8, 4) is 11.5 Å². The van der Waals surface area contributed by atoms with Crippen molar-refractivity contribution in [1.82, 2.24) is 9.88 Å². The SMILES string of the molecule is CCN(CC)C(=O)c1csc(COc2ccc(OC)cc2)n1. The number of ether oxygens (including phenoxy) is 2. The zero-order chi connectivity index (χ0) is 15.9. The van der Waals surface area contributed by atoms with E-state index in [0.717, 1.165) is 16.5 Å². The molecule has 0 spiro atoms. The molecule has 118 valence electrons. The van der Waals surface area contributed by atoms with Gasteiger partial charge in [-0.05, 0) is 38.1 Å². The van der Waals surface area contributed by atoms with Gasteiger partial charge in [0.1, 0.15) is 28.8 Å². The molecule has 1 amide bonds. The van der Waals surface area contributed by atoms with E-state index in [1.807, 2.05) is 38.1 Å². The van der Waals surface area contributed by atoms with Gasteiger partial charge in [0.25, 0.3) is 5.91 Å². The van der Waals surface area contributed by atoms with E-state index in [-0.39, 0.29) is 5.91 Å². The van der Waals surface area contributed by atoms with Crippen molar-refractivity contribution < 1.29 is 14.3 Å². The largest absolute Gasteiger partial charge is 0.497 e. The Morgan fingerprint density at radius 1 is 1.18 bits per heavy atom. The number of aromatic nitrogens is 1. The summed E-state index contributed by atoms with van der Waals surface area (Å²) in [6, 6.07) is 7.36. The summed E-state index contributed by atoms with van der Waals surface area (Å²) in [6.07, 6.45) is 0. The van der Waals surface area contributed by atoms with Crippen molar-refractivity contribution in [2.24, 2.45) is 0 Å². The minimum atomic E-state index is -0.0306. The summed E-state index contributed by atoms with van der Waals surface area (Å²) in [5.74, 6) is 1.50. The van der Waals surface area contributed by atoms with Crippen LogP contribution in [0, 0.1) is 0 Å². The molecule has 22 heavy (non-hydrogen) atoms. The minimum absolute atomic E-state index is 0.0306. The molecule has 0 aliphatic heterocycles. The predicted octanol–water partition coefficient (Wildman–Crippen LogP) is 3.21. The summed E-state index contributed by atoms with van der Waals surface area (Å²) in [5.41, 5.74) is 0.488. The van der Waals surface area contributed by atoms with Crippen molar-refractivity contribution in [2.75, 3.05) is 20.2 Å². The maximum absolute atomic E-state index is 12.2. The second-order valence-electron chi connectivity index (χ2n) is 4.57. The summed E-state index contributed by atoms with van der Waals surface area (Å²) in [6.45, 7) is 5.64. The van der Waals surface area contributed by atoms with E-state index in [1.54, 1.807) is 17.4 Å². The Labute approximate surface area is 134 Å². The zero-order valence-corrected chi connectivity index (χ0v) is 13.9. The number of rotatable bonds is 7. The lowest BCUT2D eigenvalue weighted by Crippen LogP contribution is -2.30. The first-order valence-electron chi connectivity index (χ1n) is 7.18. The van der Waals surface area contributed by atoms with Gasteiger partial charge in [0, 0.05) is 18.5 Å². The standard InChI is InChI=1S/C16H20N2O3S/c1-4-18(5-2)16(19)14-11-22-15(17-14)10-21-13-8-6-12(20-3)7-9-13/h6-9,11H,4-5,10H2,1-3H3. The van der Waals surface area contributed by atoms with Gasteiger partial charge in [0.15, 0.2) is 0 Å². The van der Waals surface area contributed by atoms with E-state index in [2.05, 4.69) is 4.98 Å². The quantitative estimate of drug-likeness (QED) is 0.786. The number of amides is 1. The highest BCUT2D eigenvalue weighted by atomic mass is 32.1. The van der Waals surface area contributed by atoms with Crippen LogP contribution >= 0.6 is 11.3 Å². The molecular weight excluding hydrogens is 300 g/mol. The lowest BCUT2D eigenvalue weighted by Gasteiger charge is -2.16. The number of hydrogen-bond acceptors (Lipinski definition) is 5. The van der Waals surface area contributed by atoms with E-state index in [1.165, 1.54) is 11.3 Å². The summed E-state index contributed by atoms with van der Waals surface area (Å²) < 4.78 is 10.8. The maximum Gasteiger partial charge on any atom is 0.273 e. The lowest BCUT2D eigenvalue weighted by molar-refractivity contribution is 0.0767. The molecule has 1 heterocycles. The van der Waals surface area contributed by atoms with Crippen LogP contribution in [-0.2, 0) is 6.61 Å². The number of nitrogens with zero attached hydrogens (tertiary/aromatic N) is 2. The van der Waals surface area contributed by atoms with Crippen LogP contribution in [-0.4, -0.2) is 36.0 Å². The average Bonchev–Trinajstić information content (AvgIpc) is 3.03. The summed E-state index contributed by atoms with van der Waals surface area (Å²) in [4.78, 5) is 18.3. The Balaban J connectivity index is 1.95. The fourth-order valence-electron chi connectivity index (χ4n) is 1.97. The van der Waals surface area contributed by atoms with E-state index in [0.29, 0.717) is 25.4 Å². The van der Waals surface area contributed by atoms with Gasteiger partial charge in [-0.15, -0.1) is 11.3 Å². The summed E-state index contributed by atoms with van der Waals surface area (Å²) >= 11 is 1.43. The van der Waals surface area contributed by atoms with Crippen LogP contribution in [0.1, 0.15) is 29.3 Å². The Kier molecular flexibility index (Phi) is 5.77. The molecule has 0 unspecified atom stereocenters. The number of benzene rings is 1. The smallest absolute Gasteiger partial charge is 0.273 e. The normalized spacial score (nSPS) is 10.3. The molecule has 0 atom stereocenters. The first-order valence-corrected chi connectivity index (χ1v) is 8.06. The topological polar surface area (TPSA) is 51.7 Å². The van der Waals surface area contributed by atoms with Crippen molar-refractivity contribution >= 4 is 17.2 Å². The molecule has 2 rings (SSSR count). The first-order chi connectivity index (χ1) is 10.7. The van der Waals surface area contributed by atoms with Crippen LogP contribution in [0.5, 0.6) is 11.5 Å². The summed E-state index contributed by atoms with van der Waals surface area (Å²) in [7, 11) is 1.62. The zero-order valence-electron chi connectivity index (χ0n) is 13.0. The molecule has 0 bridgehead atoms. The lowest BCUT2D eigenvalue weighted by atomic mass is 10.3. The van der Waals surface area contributed by atoms with E-state index >= 15 is 0 Å². The van der Waals surface area contributed by atoms with Gasteiger partial charge in [-0.2, -0.15) is 0 Å². The van der Waals surface area contributed by atoms with Crippen LogP contribution in [0.2, 0.25) is 0 Å². The van der Waals surface area contributed by atoms with Crippen LogP contribution < -0.4 is 9.47 Å². The predicted molar refractivity (Wildman–Crippen MR) is 86.7 cm³/mol. The van der Waals surface area contributed by atoms with Gasteiger partial charge in [-0.1, -0.05) is 0 Å². The fraction of sp³-hybridized carbons (Fsp3) is 0.375. The Bertz CT molecular complexity index is 606. The Morgan fingerprint density at radius 3 is 2.41 bits per heavy atom. The monoisotopic (exact) mass is 320 g/mol.